The van der Waals surface area contributed by atoms with Crippen molar-refractivity contribution in [2.24, 2.45) is 5.92 Å². The van der Waals surface area contributed by atoms with Gasteiger partial charge in [0, 0.05) is 6.07 Å². The Morgan fingerprint density at radius 2 is 2.14 bits per heavy atom. The minimum atomic E-state index is -0.524. The highest BCUT2D eigenvalue weighted by Crippen LogP contribution is 2.32. The predicted molar refractivity (Wildman–Crippen MR) is 145 cm³/mol. The van der Waals surface area contributed by atoms with E-state index in [1.165, 1.54) is 22.0 Å². The number of benzene rings is 1. The summed E-state index contributed by atoms with van der Waals surface area (Å²) < 4.78 is 31.1. The number of carbonyl (C=O) groups is 3. The van der Waals surface area contributed by atoms with Gasteiger partial charge in [0.25, 0.3) is 24.2 Å². The zero-order valence-corrected chi connectivity index (χ0v) is 22.8. The van der Waals surface area contributed by atoms with Crippen LogP contribution in [-0.2, 0) is 33.7 Å². The highest BCUT2D eigenvalue weighted by Gasteiger charge is 2.34. The molecule has 2 aliphatic heterocycles. The first-order valence-electron chi connectivity index (χ1n) is 13.4. The molecular formula is C25H29FN10O7. The minimum Gasteiger partial charge on any atom is -0.491 e. The van der Waals surface area contributed by atoms with Crippen molar-refractivity contribution in [3.63, 3.8) is 0 Å². The lowest BCUT2D eigenvalue weighted by Crippen LogP contribution is -2.30. The first-order valence-corrected chi connectivity index (χ1v) is 13.4. The number of nitrogens with one attached hydrogen (secondary N) is 2. The molecule has 1 saturated heterocycles. The van der Waals surface area contributed by atoms with Crippen molar-refractivity contribution in [3.05, 3.63) is 35.3 Å². The largest absolute Gasteiger partial charge is 0.491 e. The molecule has 4 heterocycles. The summed E-state index contributed by atoms with van der Waals surface area (Å²) in [4.78, 5) is 43.4. The minimum absolute atomic E-state index is 0.0859. The van der Waals surface area contributed by atoms with E-state index in [2.05, 4.69) is 36.0 Å². The number of rotatable bonds is 10. The number of ether oxygens (including phenoxy) is 3. The number of amides is 2. The summed E-state index contributed by atoms with van der Waals surface area (Å²) in [6.07, 6.45) is 2.53. The van der Waals surface area contributed by atoms with Gasteiger partial charge in [0.2, 0.25) is 0 Å². The molecule has 2 amide bonds. The quantitative estimate of drug-likeness (QED) is 0.178. The standard InChI is InChI=1S/C24H27FN10O5.CH2O2/c25-18-8-16(38-4-3-35-32-23(26)31-33-35)7-14-5-13(6-17(14)18)9-27-2-1-15-11-34(24(37)40-15)19-10-28-22-21(29-19)30-20(36)12-39-22;2-1-3/h7-8,10,13,15,27H,1-6,9,11-12H2,(H2,26,32)(H,29,30,36);1H,(H,2,3). The highest BCUT2D eigenvalue weighted by molar-refractivity contribution is 5.94. The summed E-state index contributed by atoms with van der Waals surface area (Å²) in [7, 11) is 0. The Morgan fingerprint density at radius 3 is 2.93 bits per heavy atom. The summed E-state index contributed by atoms with van der Waals surface area (Å²) in [5.74, 6) is 0.846. The Balaban J connectivity index is 0.00000118. The maximum atomic E-state index is 14.7. The van der Waals surface area contributed by atoms with Crippen LogP contribution in [0.15, 0.2) is 18.3 Å². The van der Waals surface area contributed by atoms with Crippen molar-refractivity contribution in [1.29, 1.82) is 0 Å². The molecule has 1 aliphatic carbocycles. The van der Waals surface area contributed by atoms with Crippen LogP contribution in [0.25, 0.3) is 0 Å². The van der Waals surface area contributed by atoms with Crippen molar-refractivity contribution in [3.8, 4) is 11.6 Å². The number of fused-ring (bicyclic) bond motifs is 2. The summed E-state index contributed by atoms with van der Waals surface area (Å²) in [5.41, 5.74) is 7.11. The Hall–Kier alpha value is -5.13. The van der Waals surface area contributed by atoms with Gasteiger partial charge in [-0.15, -0.1) is 5.10 Å². The first-order chi connectivity index (χ1) is 20.8. The Labute approximate surface area is 243 Å². The maximum Gasteiger partial charge on any atom is 0.415 e. The third-order valence-corrected chi connectivity index (χ3v) is 6.84. The Bertz CT molecular complexity index is 1490. The number of tetrazole rings is 1. The average Bonchev–Trinajstić information content (AvgIpc) is 3.69. The molecule has 0 saturated carbocycles. The van der Waals surface area contributed by atoms with Crippen molar-refractivity contribution in [1.82, 2.24) is 35.5 Å². The van der Waals surface area contributed by atoms with Gasteiger partial charge in [0.1, 0.15) is 24.3 Å². The van der Waals surface area contributed by atoms with Gasteiger partial charge in [-0.05, 0) is 60.7 Å². The van der Waals surface area contributed by atoms with Crippen molar-refractivity contribution in [2.75, 3.05) is 48.8 Å². The second-order valence-electron chi connectivity index (χ2n) is 9.84. The molecular weight excluding hydrogens is 571 g/mol. The molecule has 43 heavy (non-hydrogen) atoms. The van der Waals surface area contributed by atoms with E-state index in [1.54, 1.807) is 0 Å². The second kappa shape index (κ2) is 13.2. The molecule has 228 valence electrons. The summed E-state index contributed by atoms with van der Waals surface area (Å²) >= 11 is 0. The number of nitrogens with two attached hydrogens (primary N) is 1. The number of nitrogens with zero attached hydrogens (tertiary/aromatic N) is 7. The molecule has 1 fully saturated rings. The SMILES string of the molecule is Nc1nnn(CCOc2cc(F)c3c(c2)CC(CNCCC2CN(c4cnc5c(n4)NC(=O)CO5)C(=O)O2)C3)n1.O=CO. The van der Waals surface area contributed by atoms with Crippen LogP contribution in [0.5, 0.6) is 11.6 Å². The lowest BCUT2D eigenvalue weighted by Gasteiger charge is -2.18. The number of halogens is 1. The number of carbonyl (C=O) groups excluding carboxylic acids is 2. The van der Waals surface area contributed by atoms with E-state index in [0.29, 0.717) is 44.8 Å². The first kappa shape index (κ1) is 29.4. The zero-order chi connectivity index (χ0) is 30.3. The number of cyclic esters (lactones) is 1. The van der Waals surface area contributed by atoms with Crippen LogP contribution in [0.4, 0.5) is 26.8 Å². The van der Waals surface area contributed by atoms with Crippen LogP contribution < -0.4 is 30.7 Å². The molecule has 0 bridgehead atoms. The number of aromatic nitrogens is 6. The Morgan fingerprint density at radius 1 is 1.30 bits per heavy atom. The number of hydrogen-bond acceptors (Lipinski definition) is 13. The lowest BCUT2D eigenvalue weighted by atomic mass is 10.1. The van der Waals surface area contributed by atoms with Crippen molar-refractivity contribution in [2.45, 2.75) is 31.9 Å². The van der Waals surface area contributed by atoms with Gasteiger partial charge < -0.3 is 35.7 Å². The van der Waals surface area contributed by atoms with Crippen LogP contribution in [0, 0.1) is 11.7 Å². The van der Waals surface area contributed by atoms with Crippen LogP contribution in [0.2, 0.25) is 0 Å². The monoisotopic (exact) mass is 600 g/mol. The summed E-state index contributed by atoms with van der Waals surface area (Å²) in [6, 6.07) is 3.29. The van der Waals surface area contributed by atoms with E-state index in [0.717, 1.165) is 17.5 Å². The molecule has 3 aliphatic rings. The molecule has 2 atom stereocenters. The van der Waals surface area contributed by atoms with Gasteiger partial charge in [0.05, 0.1) is 19.3 Å². The topological polar surface area (TPSA) is 222 Å². The molecule has 0 spiro atoms. The molecule has 3 aromatic rings. The van der Waals surface area contributed by atoms with Gasteiger partial charge in [-0.25, -0.2) is 19.2 Å². The van der Waals surface area contributed by atoms with Crippen molar-refractivity contribution >= 4 is 36.1 Å². The van der Waals surface area contributed by atoms with Crippen molar-refractivity contribution < 1.29 is 38.1 Å². The summed E-state index contributed by atoms with van der Waals surface area (Å²) in [5, 5.41) is 24.1. The van der Waals surface area contributed by atoms with Gasteiger partial charge in [-0.1, -0.05) is 5.10 Å². The van der Waals surface area contributed by atoms with E-state index in [4.69, 9.17) is 29.8 Å². The van der Waals surface area contributed by atoms with E-state index >= 15 is 0 Å². The number of carboxylic acid groups (broad SMARTS) is 1. The van der Waals surface area contributed by atoms with Crippen LogP contribution in [-0.4, -0.2) is 92.7 Å². The molecule has 17 nitrogen and oxygen atoms in total. The van der Waals surface area contributed by atoms with Crippen LogP contribution >= 0.6 is 0 Å². The van der Waals surface area contributed by atoms with Gasteiger partial charge >= 0.3 is 6.09 Å². The number of nitrogen functional groups attached to an aromatic ring is 1. The third kappa shape index (κ3) is 7.21. The van der Waals surface area contributed by atoms with E-state index in [9.17, 15) is 14.0 Å². The van der Waals surface area contributed by atoms with E-state index < -0.39 is 6.09 Å². The number of hydrogen-bond donors (Lipinski definition) is 4. The molecule has 2 aromatic heterocycles. The predicted octanol–water partition coefficient (Wildman–Crippen LogP) is 0.0150. The second-order valence-corrected chi connectivity index (χ2v) is 9.84. The average molecular weight is 601 g/mol. The molecule has 18 heteroatoms. The van der Waals surface area contributed by atoms with Crippen LogP contribution in [0.3, 0.4) is 0 Å². The Kier molecular flexibility index (Phi) is 9.04. The normalized spacial score (nSPS) is 18.5. The lowest BCUT2D eigenvalue weighted by molar-refractivity contribution is -0.123. The van der Waals surface area contributed by atoms with E-state index in [1.807, 2.05) is 6.07 Å². The van der Waals surface area contributed by atoms with Crippen LogP contribution in [0.1, 0.15) is 17.5 Å². The molecule has 2 unspecified atom stereocenters. The zero-order valence-electron chi connectivity index (χ0n) is 22.8. The fourth-order valence-corrected chi connectivity index (χ4v) is 4.99. The molecule has 0 radical (unpaired) electrons. The fourth-order valence-electron chi connectivity index (χ4n) is 4.99. The van der Waals surface area contributed by atoms with Gasteiger partial charge in [0.15, 0.2) is 18.2 Å². The smallest absolute Gasteiger partial charge is 0.415 e. The molecule has 5 N–H and O–H groups in total. The molecule has 6 rings (SSSR count). The van der Waals surface area contributed by atoms with Gasteiger partial charge in [-0.2, -0.15) is 4.80 Å². The number of anilines is 3. The summed E-state index contributed by atoms with van der Waals surface area (Å²) in [6.45, 7) is 1.86. The van der Waals surface area contributed by atoms with E-state index in [-0.39, 0.29) is 66.9 Å². The maximum absolute atomic E-state index is 14.7. The fraction of sp³-hybridized carbons (Fsp3) is 0.440. The highest BCUT2D eigenvalue weighted by atomic mass is 19.1. The third-order valence-electron chi connectivity index (χ3n) is 6.84. The molecule has 1 aromatic carbocycles. The van der Waals surface area contributed by atoms with Gasteiger partial charge in [-0.3, -0.25) is 14.5 Å².